The van der Waals surface area contributed by atoms with Crippen LogP contribution in [0.3, 0.4) is 0 Å². The predicted molar refractivity (Wildman–Crippen MR) is 78.7 cm³/mol. The van der Waals surface area contributed by atoms with Gasteiger partial charge in [0, 0.05) is 18.2 Å². The number of carbonyl (C=O) groups is 1. The molecule has 6 nitrogen and oxygen atoms in total. The second-order valence-corrected chi connectivity index (χ2v) is 6.20. The molecule has 0 aliphatic rings. The highest BCUT2D eigenvalue weighted by atomic mass is 35.5. The van der Waals surface area contributed by atoms with Crippen LogP contribution in [0.15, 0.2) is 18.2 Å². The van der Waals surface area contributed by atoms with Gasteiger partial charge in [0.05, 0.1) is 24.1 Å². The third-order valence-electron chi connectivity index (χ3n) is 2.26. The fraction of sp³-hybridized carbons (Fsp3) is 0.417. The Morgan fingerprint density at radius 3 is 2.70 bits per heavy atom. The number of benzene rings is 1. The van der Waals surface area contributed by atoms with E-state index >= 15 is 0 Å². The van der Waals surface area contributed by atoms with Gasteiger partial charge in [0.15, 0.2) is 0 Å². The fourth-order valence-electron chi connectivity index (χ4n) is 1.47. The van der Waals surface area contributed by atoms with Gasteiger partial charge in [-0.3, -0.25) is 9.52 Å². The van der Waals surface area contributed by atoms with Crippen LogP contribution >= 0.6 is 11.6 Å². The summed E-state index contributed by atoms with van der Waals surface area (Å²) in [6, 6.07) is 4.36. The van der Waals surface area contributed by atoms with Gasteiger partial charge < -0.3 is 10.1 Å². The van der Waals surface area contributed by atoms with E-state index in [0.717, 1.165) is 6.26 Å². The summed E-state index contributed by atoms with van der Waals surface area (Å²) in [7, 11) is -3.47. The summed E-state index contributed by atoms with van der Waals surface area (Å²) in [4.78, 5) is 12.0. The predicted octanol–water partition coefficient (Wildman–Crippen LogP) is 1.48. The van der Waals surface area contributed by atoms with Crippen molar-refractivity contribution in [2.45, 2.75) is 6.92 Å². The first-order valence-corrected chi connectivity index (χ1v) is 8.23. The minimum Gasteiger partial charge on any atom is -0.380 e. The van der Waals surface area contributed by atoms with E-state index in [2.05, 4.69) is 10.0 Å². The molecule has 0 spiro atoms. The number of nitrogens with one attached hydrogen (secondary N) is 2. The lowest BCUT2D eigenvalue weighted by molar-refractivity contribution is 0.0923. The van der Waals surface area contributed by atoms with Crippen molar-refractivity contribution in [3.05, 3.63) is 28.8 Å². The quantitative estimate of drug-likeness (QED) is 0.745. The molecule has 1 aromatic rings. The molecule has 0 aliphatic carbocycles. The van der Waals surface area contributed by atoms with Crippen LogP contribution in [0, 0.1) is 0 Å². The Kier molecular flexibility index (Phi) is 6.25. The highest BCUT2D eigenvalue weighted by molar-refractivity contribution is 7.92. The molecule has 0 bridgehead atoms. The average molecular weight is 321 g/mol. The van der Waals surface area contributed by atoms with Gasteiger partial charge in [0.2, 0.25) is 10.0 Å². The van der Waals surface area contributed by atoms with E-state index in [4.69, 9.17) is 16.3 Å². The third kappa shape index (κ3) is 5.77. The number of carbonyl (C=O) groups excluding carboxylic acids is 1. The first kappa shape index (κ1) is 16.7. The van der Waals surface area contributed by atoms with Crippen molar-refractivity contribution >= 4 is 33.2 Å². The number of ether oxygens (including phenoxy) is 1. The van der Waals surface area contributed by atoms with Gasteiger partial charge in [-0.05, 0) is 25.1 Å². The largest absolute Gasteiger partial charge is 0.380 e. The molecule has 20 heavy (non-hydrogen) atoms. The number of hydrogen-bond acceptors (Lipinski definition) is 4. The van der Waals surface area contributed by atoms with Crippen LogP contribution in [0.25, 0.3) is 0 Å². The van der Waals surface area contributed by atoms with Crippen LogP contribution in [0.2, 0.25) is 5.02 Å². The lowest BCUT2D eigenvalue weighted by atomic mass is 10.1. The maximum absolute atomic E-state index is 12.0. The molecule has 0 heterocycles. The van der Waals surface area contributed by atoms with Crippen molar-refractivity contribution in [2.24, 2.45) is 0 Å². The molecule has 2 N–H and O–H groups in total. The molecule has 1 aromatic carbocycles. The Morgan fingerprint density at radius 2 is 2.10 bits per heavy atom. The third-order valence-corrected chi connectivity index (χ3v) is 3.08. The number of anilines is 1. The summed E-state index contributed by atoms with van der Waals surface area (Å²) in [5, 5.41) is 2.98. The average Bonchev–Trinajstić information content (AvgIpc) is 2.35. The van der Waals surface area contributed by atoms with Crippen molar-refractivity contribution in [1.29, 1.82) is 0 Å². The minimum atomic E-state index is -3.47. The van der Waals surface area contributed by atoms with Crippen molar-refractivity contribution in [1.82, 2.24) is 5.32 Å². The lowest BCUT2D eigenvalue weighted by Gasteiger charge is -2.11. The first-order valence-electron chi connectivity index (χ1n) is 5.96. The molecule has 1 rings (SSSR count). The van der Waals surface area contributed by atoms with Crippen molar-refractivity contribution in [2.75, 3.05) is 30.7 Å². The first-order chi connectivity index (χ1) is 9.33. The van der Waals surface area contributed by atoms with E-state index in [1.54, 1.807) is 0 Å². The van der Waals surface area contributed by atoms with Crippen molar-refractivity contribution in [3.63, 3.8) is 0 Å². The molecule has 112 valence electrons. The van der Waals surface area contributed by atoms with Crippen LogP contribution in [0.5, 0.6) is 0 Å². The summed E-state index contributed by atoms with van der Waals surface area (Å²) >= 11 is 5.83. The summed E-state index contributed by atoms with van der Waals surface area (Å²) in [6.45, 7) is 3.13. The number of hydrogen-bond donors (Lipinski definition) is 2. The highest BCUT2D eigenvalue weighted by Crippen LogP contribution is 2.21. The normalized spacial score (nSPS) is 11.2. The van der Waals surface area contributed by atoms with Gasteiger partial charge in [-0.25, -0.2) is 8.42 Å². The molecule has 0 aliphatic heterocycles. The maximum atomic E-state index is 12.0. The van der Waals surface area contributed by atoms with Crippen molar-refractivity contribution < 1.29 is 17.9 Å². The van der Waals surface area contributed by atoms with Gasteiger partial charge in [-0.1, -0.05) is 11.6 Å². The number of sulfonamides is 1. The standard InChI is InChI=1S/C12H17ClN2O4S/c1-3-19-7-6-14-12(16)10-8-9(13)4-5-11(10)15-20(2,17)18/h4-5,8,15H,3,6-7H2,1-2H3,(H,14,16). The van der Waals surface area contributed by atoms with Gasteiger partial charge in [0.25, 0.3) is 5.91 Å². The summed E-state index contributed by atoms with van der Waals surface area (Å²) in [5.41, 5.74) is 0.352. The minimum absolute atomic E-state index is 0.166. The molecular weight excluding hydrogens is 304 g/mol. The number of amides is 1. The van der Waals surface area contributed by atoms with Crippen LogP contribution < -0.4 is 10.0 Å². The lowest BCUT2D eigenvalue weighted by Crippen LogP contribution is -2.28. The Morgan fingerprint density at radius 1 is 1.40 bits per heavy atom. The fourth-order valence-corrected chi connectivity index (χ4v) is 2.22. The molecule has 0 unspecified atom stereocenters. The molecule has 0 atom stereocenters. The molecule has 0 fully saturated rings. The summed E-state index contributed by atoms with van der Waals surface area (Å²) in [6.07, 6.45) is 1.01. The van der Waals surface area contributed by atoms with Crippen LogP contribution in [0.4, 0.5) is 5.69 Å². The summed E-state index contributed by atoms with van der Waals surface area (Å²) < 4.78 is 29.9. The van der Waals surface area contributed by atoms with E-state index in [1.807, 2.05) is 6.92 Å². The molecule has 0 aromatic heterocycles. The molecule has 0 saturated heterocycles. The maximum Gasteiger partial charge on any atom is 0.253 e. The zero-order valence-electron chi connectivity index (χ0n) is 11.3. The van der Waals surface area contributed by atoms with Gasteiger partial charge in [0.1, 0.15) is 0 Å². The van der Waals surface area contributed by atoms with Crippen molar-refractivity contribution in [3.8, 4) is 0 Å². The van der Waals surface area contributed by atoms with E-state index in [9.17, 15) is 13.2 Å². The zero-order valence-corrected chi connectivity index (χ0v) is 12.8. The summed E-state index contributed by atoms with van der Waals surface area (Å²) in [5.74, 6) is -0.418. The number of halogens is 1. The second kappa shape index (κ2) is 7.47. The number of rotatable bonds is 7. The van der Waals surface area contributed by atoms with Gasteiger partial charge in [-0.2, -0.15) is 0 Å². The highest BCUT2D eigenvalue weighted by Gasteiger charge is 2.14. The van der Waals surface area contributed by atoms with E-state index in [-0.39, 0.29) is 11.3 Å². The van der Waals surface area contributed by atoms with Crippen LogP contribution in [0.1, 0.15) is 17.3 Å². The van der Waals surface area contributed by atoms with E-state index in [1.165, 1.54) is 18.2 Å². The van der Waals surface area contributed by atoms with Crippen LogP contribution in [-0.4, -0.2) is 40.3 Å². The van der Waals surface area contributed by atoms with Gasteiger partial charge >= 0.3 is 0 Å². The smallest absolute Gasteiger partial charge is 0.253 e. The van der Waals surface area contributed by atoms with E-state index < -0.39 is 15.9 Å². The Hall–Kier alpha value is -1.31. The molecular formula is C12H17ClN2O4S. The Labute approximate surface area is 123 Å². The Balaban J connectivity index is 2.86. The molecule has 0 radical (unpaired) electrons. The SMILES string of the molecule is CCOCCNC(=O)c1cc(Cl)ccc1NS(C)(=O)=O. The molecule has 0 saturated carbocycles. The van der Waals surface area contributed by atoms with Gasteiger partial charge in [-0.15, -0.1) is 0 Å². The monoisotopic (exact) mass is 320 g/mol. The molecule has 8 heteroatoms. The van der Waals surface area contributed by atoms with E-state index in [0.29, 0.717) is 24.8 Å². The topological polar surface area (TPSA) is 84.5 Å². The molecule has 1 amide bonds. The van der Waals surface area contributed by atoms with Crippen LogP contribution in [-0.2, 0) is 14.8 Å². The zero-order chi connectivity index (χ0) is 15.2. The Bertz CT molecular complexity index is 575. The second-order valence-electron chi connectivity index (χ2n) is 4.02.